The summed E-state index contributed by atoms with van der Waals surface area (Å²) < 4.78 is 5.26. The Morgan fingerprint density at radius 3 is 2.35 bits per heavy atom. The van der Waals surface area contributed by atoms with Gasteiger partial charge in [0, 0.05) is 13.1 Å². The molecule has 0 bridgehead atoms. The number of carbonyl (C=O) groups is 1. The minimum atomic E-state index is -0.829. The summed E-state index contributed by atoms with van der Waals surface area (Å²) in [5.74, 6) is -2.03. The van der Waals surface area contributed by atoms with Gasteiger partial charge in [0.15, 0.2) is 17.3 Å². The van der Waals surface area contributed by atoms with Gasteiger partial charge in [-0.15, -0.1) is 0 Å². The number of benzene rings is 1. The molecule has 1 heterocycles. The van der Waals surface area contributed by atoms with Crippen molar-refractivity contribution < 1.29 is 24.9 Å². The number of aromatic hydroxyl groups is 3. The summed E-state index contributed by atoms with van der Waals surface area (Å²) in [4.78, 5) is 14.6. The van der Waals surface area contributed by atoms with Crippen LogP contribution in [0.3, 0.4) is 0 Å². The molecule has 0 amide bonds. The van der Waals surface area contributed by atoms with E-state index in [1.165, 1.54) is 12.1 Å². The zero-order chi connectivity index (χ0) is 14.9. The maximum absolute atomic E-state index is 12.6. The molecule has 1 fully saturated rings. The molecule has 1 saturated heterocycles. The van der Waals surface area contributed by atoms with Crippen molar-refractivity contribution in [2.75, 3.05) is 26.3 Å². The Bertz CT molecular complexity index is 521. The van der Waals surface area contributed by atoms with Crippen LogP contribution in [-0.4, -0.2) is 57.8 Å². The number of phenols is 3. The van der Waals surface area contributed by atoms with Gasteiger partial charge in [-0.25, -0.2) is 0 Å². The van der Waals surface area contributed by atoms with Crippen molar-refractivity contribution in [1.82, 2.24) is 4.90 Å². The zero-order valence-electron chi connectivity index (χ0n) is 11.6. The first-order valence-corrected chi connectivity index (χ1v) is 6.47. The van der Waals surface area contributed by atoms with Crippen molar-refractivity contribution in [2.45, 2.75) is 19.4 Å². The Balaban J connectivity index is 2.32. The first-order chi connectivity index (χ1) is 9.35. The molecular weight excluding hydrogens is 262 g/mol. The Labute approximate surface area is 117 Å². The number of hydrogen-bond donors (Lipinski definition) is 3. The molecule has 1 aliphatic heterocycles. The van der Waals surface area contributed by atoms with Gasteiger partial charge in [-0.1, -0.05) is 0 Å². The van der Waals surface area contributed by atoms with E-state index in [-0.39, 0.29) is 11.3 Å². The number of rotatable bonds is 3. The lowest BCUT2D eigenvalue weighted by atomic mass is 9.90. The smallest absolute Gasteiger partial charge is 0.201 e. The highest BCUT2D eigenvalue weighted by Gasteiger charge is 2.37. The van der Waals surface area contributed by atoms with E-state index >= 15 is 0 Å². The number of carbonyl (C=O) groups excluding carboxylic acids is 1. The predicted molar refractivity (Wildman–Crippen MR) is 72.2 cm³/mol. The lowest BCUT2D eigenvalue weighted by Gasteiger charge is -2.39. The average molecular weight is 281 g/mol. The maximum atomic E-state index is 12.6. The highest BCUT2D eigenvalue weighted by Crippen LogP contribution is 2.39. The summed E-state index contributed by atoms with van der Waals surface area (Å²) >= 11 is 0. The monoisotopic (exact) mass is 281 g/mol. The number of ether oxygens (including phenoxy) is 1. The number of morpholine rings is 1. The van der Waals surface area contributed by atoms with Gasteiger partial charge in [0.2, 0.25) is 5.75 Å². The molecule has 0 atom stereocenters. The van der Waals surface area contributed by atoms with E-state index in [9.17, 15) is 20.1 Å². The number of hydrogen-bond acceptors (Lipinski definition) is 6. The van der Waals surface area contributed by atoms with Gasteiger partial charge in [-0.3, -0.25) is 9.69 Å². The van der Waals surface area contributed by atoms with E-state index < -0.39 is 22.8 Å². The van der Waals surface area contributed by atoms with Gasteiger partial charge in [-0.05, 0) is 26.0 Å². The third-order valence-electron chi connectivity index (χ3n) is 3.73. The molecule has 0 saturated carbocycles. The summed E-state index contributed by atoms with van der Waals surface area (Å²) in [5, 5.41) is 28.7. The zero-order valence-corrected chi connectivity index (χ0v) is 11.6. The fourth-order valence-corrected chi connectivity index (χ4v) is 2.35. The molecule has 0 unspecified atom stereocenters. The molecule has 2 rings (SSSR count). The van der Waals surface area contributed by atoms with Crippen LogP contribution < -0.4 is 0 Å². The van der Waals surface area contributed by atoms with Crippen molar-refractivity contribution in [3.8, 4) is 17.2 Å². The van der Waals surface area contributed by atoms with Crippen molar-refractivity contribution in [3.63, 3.8) is 0 Å². The molecule has 0 aromatic heterocycles. The molecule has 6 heteroatoms. The van der Waals surface area contributed by atoms with Crippen LogP contribution in [0.5, 0.6) is 17.2 Å². The van der Waals surface area contributed by atoms with E-state index in [0.717, 1.165) is 0 Å². The van der Waals surface area contributed by atoms with Crippen molar-refractivity contribution >= 4 is 5.78 Å². The fourth-order valence-electron chi connectivity index (χ4n) is 2.35. The Hall–Kier alpha value is -1.79. The highest BCUT2D eigenvalue weighted by atomic mass is 16.5. The summed E-state index contributed by atoms with van der Waals surface area (Å²) in [6, 6.07) is 2.51. The van der Waals surface area contributed by atoms with E-state index in [1.807, 2.05) is 4.90 Å². The van der Waals surface area contributed by atoms with Crippen molar-refractivity contribution in [1.29, 1.82) is 0 Å². The van der Waals surface area contributed by atoms with Crippen LogP contribution in [0.15, 0.2) is 12.1 Å². The number of phenolic OH excluding ortho intramolecular Hbond substituents is 3. The quantitative estimate of drug-likeness (QED) is 0.568. The third-order valence-corrected chi connectivity index (χ3v) is 3.73. The highest BCUT2D eigenvalue weighted by molar-refractivity contribution is 6.05. The minimum Gasteiger partial charge on any atom is -0.504 e. The van der Waals surface area contributed by atoms with E-state index in [2.05, 4.69) is 0 Å². The average Bonchev–Trinajstić information content (AvgIpc) is 2.45. The largest absolute Gasteiger partial charge is 0.504 e. The Morgan fingerprint density at radius 2 is 1.75 bits per heavy atom. The van der Waals surface area contributed by atoms with Gasteiger partial charge in [0.1, 0.15) is 0 Å². The molecule has 3 N–H and O–H groups in total. The first kappa shape index (κ1) is 14.6. The third kappa shape index (κ3) is 2.44. The number of nitrogens with zero attached hydrogens (tertiary/aromatic N) is 1. The van der Waals surface area contributed by atoms with Crippen LogP contribution in [0.4, 0.5) is 0 Å². The van der Waals surface area contributed by atoms with Gasteiger partial charge in [-0.2, -0.15) is 0 Å². The van der Waals surface area contributed by atoms with Crippen LogP contribution in [0.25, 0.3) is 0 Å². The molecule has 20 heavy (non-hydrogen) atoms. The van der Waals surface area contributed by atoms with E-state index in [4.69, 9.17) is 4.74 Å². The Morgan fingerprint density at radius 1 is 1.15 bits per heavy atom. The predicted octanol–water partition coefficient (Wildman–Crippen LogP) is 1.10. The molecule has 1 aliphatic rings. The van der Waals surface area contributed by atoms with Crippen LogP contribution in [0.2, 0.25) is 0 Å². The molecule has 110 valence electrons. The molecule has 0 spiro atoms. The summed E-state index contributed by atoms with van der Waals surface area (Å²) in [5.41, 5.74) is -0.832. The van der Waals surface area contributed by atoms with Crippen LogP contribution >= 0.6 is 0 Å². The molecule has 0 radical (unpaired) electrons. The van der Waals surface area contributed by atoms with Crippen LogP contribution in [0.1, 0.15) is 24.2 Å². The lowest BCUT2D eigenvalue weighted by Crippen LogP contribution is -2.54. The standard InChI is InChI=1S/C14H19NO5/c1-14(2,15-5-7-20-8-6-15)13(19)9-3-4-10(16)12(18)11(9)17/h3-4,16-18H,5-8H2,1-2H3. The first-order valence-electron chi connectivity index (χ1n) is 6.47. The van der Waals surface area contributed by atoms with E-state index in [0.29, 0.717) is 26.3 Å². The second kappa shape index (κ2) is 5.30. The molecule has 6 nitrogen and oxygen atoms in total. The molecular formula is C14H19NO5. The molecule has 1 aromatic rings. The van der Waals surface area contributed by atoms with E-state index in [1.54, 1.807) is 13.8 Å². The summed E-state index contributed by atoms with van der Waals surface area (Å²) in [6.45, 7) is 5.91. The second-order valence-electron chi connectivity index (χ2n) is 5.32. The van der Waals surface area contributed by atoms with Crippen molar-refractivity contribution in [2.24, 2.45) is 0 Å². The van der Waals surface area contributed by atoms with Crippen molar-refractivity contribution in [3.05, 3.63) is 17.7 Å². The van der Waals surface area contributed by atoms with Gasteiger partial charge >= 0.3 is 0 Å². The van der Waals surface area contributed by atoms with Gasteiger partial charge in [0.25, 0.3) is 0 Å². The SMILES string of the molecule is CC(C)(C(=O)c1ccc(O)c(O)c1O)N1CCOCC1. The minimum absolute atomic E-state index is 0.00297. The fraction of sp³-hybridized carbons (Fsp3) is 0.500. The molecule has 1 aromatic carbocycles. The second-order valence-corrected chi connectivity index (χ2v) is 5.32. The summed E-state index contributed by atoms with van der Waals surface area (Å²) in [7, 11) is 0. The maximum Gasteiger partial charge on any atom is 0.201 e. The summed E-state index contributed by atoms with van der Waals surface area (Å²) in [6.07, 6.45) is 0. The van der Waals surface area contributed by atoms with Crippen LogP contribution in [-0.2, 0) is 4.74 Å². The Kier molecular flexibility index (Phi) is 3.87. The number of Topliss-reactive ketones (excluding diaryl/α,β-unsaturated/α-hetero) is 1. The normalized spacial score (nSPS) is 17.1. The van der Waals surface area contributed by atoms with Crippen LogP contribution in [0, 0.1) is 0 Å². The number of ketones is 1. The lowest BCUT2D eigenvalue weighted by molar-refractivity contribution is -0.00439. The molecule has 0 aliphatic carbocycles. The van der Waals surface area contributed by atoms with Gasteiger partial charge < -0.3 is 20.1 Å². The van der Waals surface area contributed by atoms with Gasteiger partial charge in [0.05, 0.1) is 24.3 Å². The topological polar surface area (TPSA) is 90.2 Å².